The molecular weight excluding hydrogens is 238 g/mol. The minimum Gasteiger partial charge on any atom is -0.341 e. The summed E-state index contributed by atoms with van der Waals surface area (Å²) >= 11 is 0. The molecule has 1 heterocycles. The van der Waals surface area contributed by atoms with Crippen LogP contribution in [-0.2, 0) is 4.79 Å². The summed E-state index contributed by atoms with van der Waals surface area (Å²) in [5.41, 5.74) is 5.55. The molecule has 1 aliphatic rings. The molecule has 1 amide bonds. The van der Waals surface area contributed by atoms with Gasteiger partial charge in [-0.25, -0.2) is 0 Å². The first kappa shape index (κ1) is 16.4. The van der Waals surface area contributed by atoms with Crippen LogP contribution in [-0.4, -0.2) is 54.5 Å². The molecule has 1 saturated heterocycles. The van der Waals surface area contributed by atoms with Crippen LogP contribution < -0.4 is 5.73 Å². The Morgan fingerprint density at radius 2 is 1.84 bits per heavy atom. The van der Waals surface area contributed by atoms with Crippen LogP contribution in [0.5, 0.6) is 0 Å². The van der Waals surface area contributed by atoms with Crippen molar-refractivity contribution < 1.29 is 4.79 Å². The third-order valence-corrected chi connectivity index (χ3v) is 4.98. The lowest BCUT2D eigenvalue weighted by Crippen LogP contribution is -2.48. The number of likely N-dealkylation sites (N-methyl/N-ethyl adjacent to an activating group) is 1. The van der Waals surface area contributed by atoms with Gasteiger partial charge in [0.15, 0.2) is 0 Å². The summed E-state index contributed by atoms with van der Waals surface area (Å²) < 4.78 is 0. The predicted molar refractivity (Wildman–Crippen MR) is 80.0 cm³/mol. The Kier molecular flexibility index (Phi) is 6.27. The maximum absolute atomic E-state index is 12.7. The minimum absolute atomic E-state index is 0.273. The Labute approximate surface area is 118 Å². The van der Waals surface area contributed by atoms with E-state index in [0.29, 0.717) is 12.6 Å². The van der Waals surface area contributed by atoms with E-state index in [9.17, 15) is 4.79 Å². The molecule has 4 heteroatoms. The zero-order valence-electron chi connectivity index (χ0n) is 13.1. The minimum atomic E-state index is -0.335. The molecule has 0 saturated carbocycles. The van der Waals surface area contributed by atoms with Crippen molar-refractivity contribution in [3.05, 3.63) is 0 Å². The highest BCUT2D eigenvalue weighted by Crippen LogP contribution is 2.30. The van der Waals surface area contributed by atoms with Gasteiger partial charge in [-0.05, 0) is 32.4 Å². The molecule has 1 unspecified atom stereocenters. The van der Waals surface area contributed by atoms with Crippen molar-refractivity contribution in [2.24, 2.45) is 11.1 Å². The van der Waals surface area contributed by atoms with Gasteiger partial charge >= 0.3 is 0 Å². The fourth-order valence-corrected chi connectivity index (χ4v) is 3.23. The first-order valence-electron chi connectivity index (χ1n) is 7.81. The highest BCUT2D eigenvalue weighted by atomic mass is 16.2. The van der Waals surface area contributed by atoms with E-state index < -0.39 is 0 Å². The van der Waals surface area contributed by atoms with Crippen LogP contribution in [0.1, 0.15) is 47.0 Å². The maximum atomic E-state index is 12.7. The van der Waals surface area contributed by atoms with Gasteiger partial charge < -0.3 is 10.6 Å². The molecule has 1 fully saturated rings. The van der Waals surface area contributed by atoms with E-state index in [0.717, 1.165) is 45.4 Å². The molecule has 19 heavy (non-hydrogen) atoms. The zero-order valence-corrected chi connectivity index (χ0v) is 13.1. The average Bonchev–Trinajstić information content (AvgIpc) is 2.92. The van der Waals surface area contributed by atoms with Crippen LogP contribution >= 0.6 is 0 Å². The fraction of sp³-hybridized carbons (Fsp3) is 0.933. The lowest BCUT2D eigenvalue weighted by Gasteiger charge is -2.34. The number of nitrogens with two attached hydrogens (primary N) is 1. The Balaban J connectivity index is 2.70. The fourth-order valence-electron chi connectivity index (χ4n) is 3.23. The van der Waals surface area contributed by atoms with Crippen molar-refractivity contribution in [1.82, 2.24) is 9.80 Å². The van der Waals surface area contributed by atoms with Crippen LogP contribution in [0.2, 0.25) is 0 Å². The number of hydrogen-bond acceptors (Lipinski definition) is 3. The Hall–Kier alpha value is -0.610. The SMILES string of the molecule is CCN(CC)C1CCN(C(=O)C(CC)(CC)CN)C1. The number of amides is 1. The standard InChI is InChI=1S/C15H31N3O/c1-5-15(6-2,12-16)14(19)18-10-9-13(11-18)17(7-3)8-4/h13H,5-12,16H2,1-4H3. The van der Waals surface area contributed by atoms with Crippen LogP contribution in [0.25, 0.3) is 0 Å². The highest BCUT2D eigenvalue weighted by molar-refractivity contribution is 5.83. The first-order valence-corrected chi connectivity index (χ1v) is 7.81. The van der Waals surface area contributed by atoms with Gasteiger partial charge in [0.25, 0.3) is 0 Å². The number of nitrogens with zero attached hydrogens (tertiary/aromatic N) is 2. The van der Waals surface area contributed by atoms with Crippen LogP contribution in [0.15, 0.2) is 0 Å². The van der Waals surface area contributed by atoms with Crippen molar-refractivity contribution in [3.8, 4) is 0 Å². The monoisotopic (exact) mass is 269 g/mol. The lowest BCUT2D eigenvalue weighted by molar-refractivity contribution is -0.141. The molecule has 0 aliphatic carbocycles. The van der Waals surface area contributed by atoms with Gasteiger partial charge in [-0.15, -0.1) is 0 Å². The summed E-state index contributed by atoms with van der Waals surface area (Å²) in [6.07, 6.45) is 2.78. The summed E-state index contributed by atoms with van der Waals surface area (Å²) in [6, 6.07) is 0.531. The van der Waals surface area contributed by atoms with Gasteiger partial charge in [-0.3, -0.25) is 9.69 Å². The first-order chi connectivity index (χ1) is 9.08. The van der Waals surface area contributed by atoms with E-state index >= 15 is 0 Å². The molecule has 0 aromatic carbocycles. The Morgan fingerprint density at radius 3 is 2.26 bits per heavy atom. The largest absolute Gasteiger partial charge is 0.341 e. The summed E-state index contributed by atoms with van der Waals surface area (Å²) in [4.78, 5) is 17.2. The molecule has 0 spiro atoms. The smallest absolute Gasteiger partial charge is 0.230 e. The second-order valence-corrected chi connectivity index (χ2v) is 5.61. The molecule has 0 aromatic heterocycles. The number of carbonyl (C=O) groups is 1. The summed E-state index contributed by atoms with van der Waals surface area (Å²) in [5.74, 6) is 0.273. The molecule has 112 valence electrons. The lowest BCUT2D eigenvalue weighted by atomic mass is 9.81. The van der Waals surface area contributed by atoms with Gasteiger partial charge in [-0.1, -0.05) is 27.7 Å². The van der Waals surface area contributed by atoms with Gasteiger partial charge in [-0.2, -0.15) is 0 Å². The van der Waals surface area contributed by atoms with E-state index in [1.165, 1.54) is 0 Å². The van der Waals surface area contributed by atoms with E-state index in [1.807, 2.05) is 4.90 Å². The second-order valence-electron chi connectivity index (χ2n) is 5.61. The molecule has 2 N–H and O–H groups in total. The van der Waals surface area contributed by atoms with Crippen LogP contribution in [0.3, 0.4) is 0 Å². The topological polar surface area (TPSA) is 49.6 Å². The Morgan fingerprint density at radius 1 is 1.26 bits per heavy atom. The van der Waals surface area contributed by atoms with Crippen LogP contribution in [0.4, 0.5) is 0 Å². The van der Waals surface area contributed by atoms with E-state index in [1.54, 1.807) is 0 Å². The Bertz CT molecular complexity index is 277. The van der Waals surface area contributed by atoms with Gasteiger partial charge in [0.1, 0.15) is 0 Å². The molecule has 1 rings (SSSR count). The molecule has 0 radical (unpaired) electrons. The molecule has 1 atom stereocenters. The van der Waals surface area contributed by atoms with Crippen molar-refractivity contribution in [2.75, 3.05) is 32.7 Å². The highest BCUT2D eigenvalue weighted by Gasteiger charge is 2.40. The second kappa shape index (κ2) is 7.25. The number of likely N-dealkylation sites (tertiary alicyclic amines) is 1. The van der Waals surface area contributed by atoms with Crippen molar-refractivity contribution in [3.63, 3.8) is 0 Å². The summed E-state index contributed by atoms with van der Waals surface area (Å²) in [6.45, 7) is 12.9. The molecular formula is C15H31N3O. The van der Waals surface area contributed by atoms with E-state index in [4.69, 9.17) is 5.73 Å². The predicted octanol–water partition coefficient (Wildman–Crippen LogP) is 1.69. The summed E-state index contributed by atoms with van der Waals surface area (Å²) in [5, 5.41) is 0. The van der Waals surface area contributed by atoms with Crippen molar-refractivity contribution in [2.45, 2.75) is 53.0 Å². The van der Waals surface area contributed by atoms with Gasteiger partial charge in [0, 0.05) is 25.7 Å². The van der Waals surface area contributed by atoms with E-state index in [2.05, 4.69) is 32.6 Å². The van der Waals surface area contributed by atoms with Crippen molar-refractivity contribution >= 4 is 5.91 Å². The van der Waals surface area contributed by atoms with Crippen molar-refractivity contribution in [1.29, 1.82) is 0 Å². The zero-order chi connectivity index (χ0) is 14.5. The number of carbonyl (C=O) groups excluding carboxylic acids is 1. The molecule has 4 nitrogen and oxygen atoms in total. The average molecular weight is 269 g/mol. The number of hydrogen-bond donors (Lipinski definition) is 1. The van der Waals surface area contributed by atoms with E-state index in [-0.39, 0.29) is 11.3 Å². The quantitative estimate of drug-likeness (QED) is 0.765. The molecule has 1 aliphatic heterocycles. The van der Waals surface area contributed by atoms with Crippen LogP contribution in [0, 0.1) is 5.41 Å². The maximum Gasteiger partial charge on any atom is 0.230 e. The molecule has 0 aromatic rings. The third kappa shape index (κ3) is 3.29. The summed E-state index contributed by atoms with van der Waals surface area (Å²) in [7, 11) is 0. The normalized spacial score (nSPS) is 20.3. The third-order valence-electron chi connectivity index (χ3n) is 4.98. The number of rotatable bonds is 7. The van der Waals surface area contributed by atoms with Gasteiger partial charge in [0.2, 0.25) is 5.91 Å². The van der Waals surface area contributed by atoms with Gasteiger partial charge in [0.05, 0.1) is 5.41 Å². The molecule has 0 bridgehead atoms.